The molecule has 0 unspecified atom stereocenters. The zero-order chi connectivity index (χ0) is 12.7. The Labute approximate surface area is 109 Å². The number of anilines is 2. The number of nitrogens with zero attached hydrogens (tertiary/aromatic N) is 2. The molecule has 1 aliphatic rings. The number of aryl methyl sites for hydroxylation is 1. The summed E-state index contributed by atoms with van der Waals surface area (Å²) in [4.78, 5) is 18.1. The topological polar surface area (TPSA) is 53.4 Å². The van der Waals surface area contributed by atoms with Gasteiger partial charge >= 0.3 is 5.97 Å². The molecule has 1 N–H and O–H groups in total. The highest BCUT2D eigenvalue weighted by Gasteiger charge is 2.24. The van der Waals surface area contributed by atoms with Crippen LogP contribution in [0.3, 0.4) is 0 Å². The van der Waals surface area contributed by atoms with Gasteiger partial charge in [-0.15, -0.1) is 11.3 Å². The lowest BCUT2D eigenvalue weighted by molar-refractivity contribution is 0.0690. The Morgan fingerprint density at radius 2 is 2.22 bits per heavy atom. The molecule has 0 saturated heterocycles. The Kier molecular flexibility index (Phi) is 2.56. The molecule has 5 heteroatoms. The summed E-state index contributed by atoms with van der Waals surface area (Å²) in [6.07, 6.45) is 0.983. The Morgan fingerprint density at radius 3 is 2.94 bits per heavy atom. The van der Waals surface area contributed by atoms with E-state index >= 15 is 0 Å². The molecule has 0 radical (unpaired) electrons. The molecular formula is C13H12N2O2S. The molecule has 0 aliphatic carbocycles. The number of aromatic carboxylic acids is 1. The zero-order valence-electron chi connectivity index (χ0n) is 9.88. The summed E-state index contributed by atoms with van der Waals surface area (Å²) >= 11 is 1.44. The van der Waals surface area contributed by atoms with E-state index in [-0.39, 0.29) is 5.69 Å². The number of aromatic nitrogens is 1. The monoisotopic (exact) mass is 260 g/mol. The largest absolute Gasteiger partial charge is 0.476 e. The summed E-state index contributed by atoms with van der Waals surface area (Å²) in [5.41, 5.74) is 2.60. The number of carboxylic acids is 1. The van der Waals surface area contributed by atoms with Crippen LogP contribution >= 0.6 is 11.3 Å². The van der Waals surface area contributed by atoms with Crippen molar-refractivity contribution in [2.75, 3.05) is 11.4 Å². The lowest BCUT2D eigenvalue weighted by atomic mass is 10.2. The third-order valence-corrected chi connectivity index (χ3v) is 4.10. The van der Waals surface area contributed by atoms with Gasteiger partial charge in [0, 0.05) is 17.1 Å². The van der Waals surface area contributed by atoms with Crippen LogP contribution in [0.25, 0.3) is 0 Å². The van der Waals surface area contributed by atoms with E-state index in [1.165, 1.54) is 16.9 Å². The van der Waals surface area contributed by atoms with Crippen molar-refractivity contribution >= 4 is 28.1 Å². The van der Waals surface area contributed by atoms with Gasteiger partial charge in [-0.25, -0.2) is 9.78 Å². The number of benzene rings is 1. The summed E-state index contributed by atoms with van der Waals surface area (Å²) in [7, 11) is 0. The molecule has 1 aromatic carbocycles. The molecule has 1 aliphatic heterocycles. The third kappa shape index (κ3) is 1.67. The van der Waals surface area contributed by atoms with Crippen molar-refractivity contribution in [3.63, 3.8) is 0 Å². The maximum absolute atomic E-state index is 11.0. The number of hydrogen-bond donors (Lipinski definition) is 1. The second kappa shape index (κ2) is 4.10. The molecule has 1 aromatic heterocycles. The van der Waals surface area contributed by atoms with Crippen molar-refractivity contribution in [3.05, 3.63) is 40.4 Å². The third-order valence-electron chi connectivity index (χ3n) is 3.11. The van der Waals surface area contributed by atoms with Gasteiger partial charge < -0.3 is 10.0 Å². The number of hydrogen-bond acceptors (Lipinski definition) is 4. The van der Waals surface area contributed by atoms with Gasteiger partial charge in [-0.3, -0.25) is 0 Å². The average molecular weight is 260 g/mol. The molecule has 0 fully saturated rings. The van der Waals surface area contributed by atoms with E-state index in [0.717, 1.165) is 28.7 Å². The van der Waals surface area contributed by atoms with Crippen molar-refractivity contribution in [1.82, 2.24) is 4.98 Å². The van der Waals surface area contributed by atoms with Gasteiger partial charge in [0.15, 0.2) is 10.8 Å². The van der Waals surface area contributed by atoms with E-state index in [9.17, 15) is 4.79 Å². The van der Waals surface area contributed by atoms with Gasteiger partial charge in [-0.05, 0) is 25.0 Å². The summed E-state index contributed by atoms with van der Waals surface area (Å²) in [5, 5.41) is 9.82. The van der Waals surface area contributed by atoms with Gasteiger partial charge in [0.1, 0.15) is 0 Å². The van der Waals surface area contributed by atoms with Crippen LogP contribution in [-0.4, -0.2) is 22.6 Å². The van der Waals surface area contributed by atoms with Gasteiger partial charge in [-0.2, -0.15) is 0 Å². The van der Waals surface area contributed by atoms with E-state index in [2.05, 4.69) is 22.0 Å². The molecule has 2 aromatic rings. The molecule has 92 valence electrons. The van der Waals surface area contributed by atoms with Crippen molar-refractivity contribution in [2.24, 2.45) is 0 Å². The number of carbonyl (C=O) groups is 1. The van der Waals surface area contributed by atoms with Gasteiger partial charge in [0.2, 0.25) is 0 Å². The van der Waals surface area contributed by atoms with Crippen LogP contribution in [0, 0.1) is 6.92 Å². The molecule has 3 rings (SSSR count). The lowest BCUT2D eigenvalue weighted by Gasteiger charge is -2.15. The van der Waals surface area contributed by atoms with Crippen LogP contribution in [0.2, 0.25) is 0 Å². The lowest BCUT2D eigenvalue weighted by Crippen LogP contribution is -2.13. The molecule has 0 bridgehead atoms. The molecule has 0 amide bonds. The van der Waals surface area contributed by atoms with Crippen molar-refractivity contribution in [1.29, 1.82) is 0 Å². The van der Waals surface area contributed by atoms with Crippen molar-refractivity contribution < 1.29 is 9.90 Å². The van der Waals surface area contributed by atoms with Crippen LogP contribution < -0.4 is 4.90 Å². The zero-order valence-corrected chi connectivity index (χ0v) is 10.7. The summed E-state index contributed by atoms with van der Waals surface area (Å²) in [6.45, 7) is 2.66. The summed E-state index contributed by atoms with van der Waals surface area (Å²) < 4.78 is 0. The van der Waals surface area contributed by atoms with Crippen molar-refractivity contribution in [2.45, 2.75) is 13.3 Å². The Hall–Kier alpha value is -1.88. The smallest absolute Gasteiger partial charge is 0.355 e. The first kappa shape index (κ1) is 11.2. The predicted molar refractivity (Wildman–Crippen MR) is 71.0 cm³/mol. The molecule has 0 atom stereocenters. The minimum Gasteiger partial charge on any atom is -0.476 e. The van der Waals surface area contributed by atoms with E-state index in [4.69, 9.17) is 5.11 Å². The Balaban J connectivity index is 2.03. The molecule has 4 nitrogen and oxygen atoms in total. The summed E-state index contributed by atoms with van der Waals surface area (Å²) in [6, 6.07) is 8.18. The molecular weight excluding hydrogens is 248 g/mol. The second-order valence-corrected chi connectivity index (χ2v) is 5.42. The molecule has 2 heterocycles. The molecule has 18 heavy (non-hydrogen) atoms. The quantitative estimate of drug-likeness (QED) is 0.902. The van der Waals surface area contributed by atoms with Gasteiger partial charge in [-0.1, -0.05) is 18.2 Å². The standard InChI is InChI=1S/C13H12N2O2S/c1-8-11(12(16)17)14-13(18-8)15-7-6-9-4-2-3-5-10(9)15/h2-5H,6-7H2,1H3,(H,16,17). The minimum atomic E-state index is -0.956. The first-order valence-electron chi connectivity index (χ1n) is 5.73. The number of carboxylic acid groups (broad SMARTS) is 1. The fraction of sp³-hybridized carbons (Fsp3) is 0.231. The highest BCUT2D eigenvalue weighted by molar-refractivity contribution is 7.15. The van der Waals surface area contributed by atoms with E-state index in [1.807, 2.05) is 12.1 Å². The maximum atomic E-state index is 11.0. The summed E-state index contributed by atoms with van der Waals surface area (Å²) in [5.74, 6) is -0.956. The fourth-order valence-corrected chi connectivity index (χ4v) is 3.17. The minimum absolute atomic E-state index is 0.166. The van der Waals surface area contributed by atoms with E-state index in [0.29, 0.717) is 0 Å². The average Bonchev–Trinajstić information content (AvgIpc) is 2.92. The van der Waals surface area contributed by atoms with Crippen molar-refractivity contribution in [3.8, 4) is 0 Å². The normalized spacial score (nSPS) is 13.7. The Bertz CT molecular complexity index is 621. The van der Waals surface area contributed by atoms with Crippen LogP contribution in [0.5, 0.6) is 0 Å². The van der Waals surface area contributed by atoms with Gasteiger partial charge in [0.25, 0.3) is 0 Å². The first-order chi connectivity index (χ1) is 8.66. The van der Waals surface area contributed by atoms with Crippen LogP contribution in [0.1, 0.15) is 20.9 Å². The van der Waals surface area contributed by atoms with Crippen LogP contribution in [-0.2, 0) is 6.42 Å². The first-order valence-corrected chi connectivity index (χ1v) is 6.54. The number of fused-ring (bicyclic) bond motifs is 1. The van der Waals surface area contributed by atoms with E-state index < -0.39 is 5.97 Å². The highest BCUT2D eigenvalue weighted by Crippen LogP contribution is 2.37. The predicted octanol–water partition coefficient (Wildman–Crippen LogP) is 2.84. The highest BCUT2D eigenvalue weighted by atomic mass is 32.1. The van der Waals surface area contributed by atoms with Crippen LogP contribution in [0.15, 0.2) is 24.3 Å². The van der Waals surface area contributed by atoms with Gasteiger partial charge in [0.05, 0.1) is 0 Å². The van der Waals surface area contributed by atoms with Crippen LogP contribution in [0.4, 0.5) is 10.8 Å². The number of para-hydroxylation sites is 1. The fourth-order valence-electron chi connectivity index (χ4n) is 2.23. The number of thiazole rings is 1. The maximum Gasteiger partial charge on any atom is 0.355 e. The van der Waals surface area contributed by atoms with E-state index in [1.54, 1.807) is 6.92 Å². The Morgan fingerprint density at radius 1 is 1.44 bits per heavy atom. The number of rotatable bonds is 2. The second-order valence-electron chi connectivity index (χ2n) is 4.24. The molecule has 0 saturated carbocycles. The molecule has 0 spiro atoms. The SMILES string of the molecule is Cc1sc(N2CCc3ccccc32)nc1C(=O)O.